The number of hydrogen-bond donors (Lipinski definition) is 2. The van der Waals surface area contributed by atoms with Gasteiger partial charge in [-0.1, -0.05) is 80.6 Å². The van der Waals surface area contributed by atoms with E-state index < -0.39 is 12.1 Å². The molecule has 0 aliphatic rings. The number of hydrogen-bond acceptors (Lipinski definition) is 4. The zero-order chi connectivity index (χ0) is 26.2. The Hall–Kier alpha value is -4.58. The van der Waals surface area contributed by atoms with Gasteiger partial charge in [0.15, 0.2) is 5.78 Å². The summed E-state index contributed by atoms with van der Waals surface area (Å²) in [6.07, 6.45) is -0.406. The van der Waals surface area contributed by atoms with Crippen LogP contribution < -0.4 is 20.1 Å². The molecule has 0 radical (unpaired) electrons. The molecule has 0 bridgehead atoms. The van der Waals surface area contributed by atoms with Crippen LogP contribution in [0.15, 0.2) is 103 Å². The van der Waals surface area contributed by atoms with Crippen molar-refractivity contribution in [3.05, 3.63) is 120 Å². The Bertz CT molecular complexity index is 1310. The molecule has 0 unspecified atom stereocenters. The first-order valence-electron chi connectivity index (χ1n) is 12.1. The van der Waals surface area contributed by atoms with Gasteiger partial charge in [0.05, 0.1) is 12.7 Å². The molecule has 0 aliphatic heterocycles. The summed E-state index contributed by atoms with van der Waals surface area (Å²) in [7, 11) is 1.57. The Kier molecular flexibility index (Phi) is 8.21. The summed E-state index contributed by atoms with van der Waals surface area (Å²) < 4.78 is 11.7. The number of rotatable bonds is 9. The third-order valence-electron chi connectivity index (χ3n) is 5.80. The van der Waals surface area contributed by atoms with Crippen molar-refractivity contribution in [2.75, 3.05) is 17.7 Å². The van der Waals surface area contributed by atoms with Gasteiger partial charge in [-0.15, -0.1) is 0 Å². The molecule has 0 spiro atoms. The maximum absolute atomic E-state index is 13.2. The Labute approximate surface area is 217 Å². The highest BCUT2D eigenvalue weighted by Gasteiger charge is 2.22. The monoisotopic (exact) mass is 494 g/mol. The Morgan fingerprint density at radius 2 is 1.30 bits per heavy atom. The lowest BCUT2D eigenvalue weighted by Gasteiger charge is -2.23. The average Bonchev–Trinajstić information content (AvgIpc) is 2.92. The van der Waals surface area contributed by atoms with Gasteiger partial charge in [0.1, 0.15) is 17.6 Å². The lowest BCUT2D eigenvalue weighted by Crippen LogP contribution is -2.20. The zero-order valence-electron chi connectivity index (χ0n) is 21.1. The van der Waals surface area contributed by atoms with E-state index in [0.717, 1.165) is 11.1 Å². The predicted octanol–water partition coefficient (Wildman–Crippen LogP) is 7.35. The molecule has 2 amide bonds. The normalized spacial score (nSPS) is 10.7. The van der Waals surface area contributed by atoms with Crippen LogP contribution in [0.2, 0.25) is 0 Å². The van der Waals surface area contributed by atoms with Crippen LogP contribution in [0.5, 0.6) is 11.5 Å². The summed E-state index contributed by atoms with van der Waals surface area (Å²) in [5, 5.41) is 5.59. The summed E-state index contributed by atoms with van der Waals surface area (Å²) in [5.74, 6) is 0.757. The highest BCUT2D eigenvalue weighted by Crippen LogP contribution is 2.33. The van der Waals surface area contributed by atoms with Gasteiger partial charge in [-0.3, -0.25) is 4.79 Å². The molecule has 4 rings (SSSR count). The third kappa shape index (κ3) is 6.55. The smallest absolute Gasteiger partial charge is 0.323 e. The number of amides is 2. The van der Waals surface area contributed by atoms with E-state index in [2.05, 4.69) is 10.6 Å². The maximum atomic E-state index is 13.2. The molecule has 6 nitrogen and oxygen atoms in total. The fourth-order valence-electron chi connectivity index (χ4n) is 3.92. The largest absolute Gasteiger partial charge is 0.497 e. The quantitative estimate of drug-likeness (QED) is 0.239. The molecule has 0 aliphatic carbocycles. The highest BCUT2D eigenvalue weighted by atomic mass is 16.5. The fraction of sp³-hybridized carbons (Fsp3) is 0.161. The molecule has 0 aromatic heterocycles. The Balaban J connectivity index is 1.62. The molecular formula is C31H30N2O4. The first-order valence-corrected chi connectivity index (χ1v) is 12.1. The van der Waals surface area contributed by atoms with Gasteiger partial charge in [-0.25, -0.2) is 4.79 Å². The van der Waals surface area contributed by atoms with Crippen LogP contribution in [0.1, 0.15) is 41.4 Å². The molecule has 0 atom stereocenters. The lowest BCUT2D eigenvalue weighted by atomic mass is 9.98. The zero-order valence-corrected chi connectivity index (χ0v) is 21.1. The number of nitrogens with one attached hydrogen (secondary N) is 2. The van der Waals surface area contributed by atoms with E-state index in [-0.39, 0.29) is 11.7 Å². The summed E-state index contributed by atoms with van der Waals surface area (Å²) in [4.78, 5) is 25.8. The molecule has 4 aromatic rings. The first-order chi connectivity index (χ1) is 17.9. The SMILES string of the molecule is COc1cccc(NC(=O)Nc2ccc(OC(c3ccccc3)c3ccccc3)c(C(=O)C(C)C)c2)c1. The minimum atomic E-state index is -0.434. The topological polar surface area (TPSA) is 76.7 Å². The van der Waals surface area contributed by atoms with Crippen LogP contribution in [0.3, 0.4) is 0 Å². The van der Waals surface area contributed by atoms with E-state index >= 15 is 0 Å². The number of carbonyl (C=O) groups excluding carboxylic acids is 2. The van der Waals surface area contributed by atoms with Crippen molar-refractivity contribution in [3.63, 3.8) is 0 Å². The van der Waals surface area contributed by atoms with Gasteiger partial charge >= 0.3 is 6.03 Å². The molecule has 188 valence electrons. The second-order valence-corrected chi connectivity index (χ2v) is 8.86. The Morgan fingerprint density at radius 3 is 1.86 bits per heavy atom. The third-order valence-corrected chi connectivity index (χ3v) is 5.80. The highest BCUT2D eigenvalue weighted by molar-refractivity contribution is 6.03. The molecule has 6 heteroatoms. The molecule has 2 N–H and O–H groups in total. The van der Waals surface area contributed by atoms with Crippen LogP contribution in [-0.4, -0.2) is 18.9 Å². The molecule has 0 saturated carbocycles. The van der Waals surface area contributed by atoms with Crippen molar-refractivity contribution in [2.45, 2.75) is 20.0 Å². The van der Waals surface area contributed by atoms with Gasteiger partial charge in [0.2, 0.25) is 0 Å². The molecule has 4 aromatic carbocycles. The van der Waals surface area contributed by atoms with E-state index in [4.69, 9.17) is 9.47 Å². The number of anilines is 2. The fourth-order valence-corrected chi connectivity index (χ4v) is 3.92. The summed E-state index contributed by atoms with van der Waals surface area (Å²) in [6, 6.07) is 31.5. The van der Waals surface area contributed by atoms with Crippen LogP contribution in [0, 0.1) is 5.92 Å². The van der Waals surface area contributed by atoms with Crippen molar-refractivity contribution in [1.29, 1.82) is 0 Å². The van der Waals surface area contributed by atoms with Crippen molar-refractivity contribution in [2.24, 2.45) is 5.92 Å². The number of carbonyl (C=O) groups is 2. The molecule has 0 saturated heterocycles. The Morgan fingerprint density at radius 1 is 0.703 bits per heavy atom. The summed E-state index contributed by atoms with van der Waals surface area (Å²) in [5.41, 5.74) is 3.41. The van der Waals surface area contributed by atoms with Crippen molar-refractivity contribution in [1.82, 2.24) is 0 Å². The number of Topliss-reactive ketones (excluding diaryl/α,β-unsaturated/α-hetero) is 1. The van der Waals surface area contributed by atoms with Crippen LogP contribution in [0.25, 0.3) is 0 Å². The second kappa shape index (κ2) is 11.9. The van der Waals surface area contributed by atoms with Crippen molar-refractivity contribution >= 4 is 23.2 Å². The van der Waals surface area contributed by atoms with Crippen LogP contribution >= 0.6 is 0 Å². The number of benzene rings is 4. The van der Waals surface area contributed by atoms with Crippen molar-refractivity contribution in [3.8, 4) is 11.5 Å². The van der Waals surface area contributed by atoms with Crippen LogP contribution in [-0.2, 0) is 0 Å². The van der Waals surface area contributed by atoms with Crippen molar-refractivity contribution < 1.29 is 19.1 Å². The summed E-state index contributed by atoms with van der Waals surface area (Å²) >= 11 is 0. The van der Waals surface area contributed by atoms with Crippen LogP contribution in [0.4, 0.5) is 16.2 Å². The number of ether oxygens (including phenoxy) is 2. The maximum Gasteiger partial charge on any atom is 0.323 e. The molecule has 0 fully saturated rings. The van der Waals surface area contributed by atoms with Gasteiger partial charge in [0, 0.05) is 23.4 Å². The summed E-state index contributed by atoms with van der Waals surface area (Å²) in [6.45, 7) is 3.68. The van der Waals surface area contributed by atoms with E-state index in [1.807, 2.05) is 74.5 Å². The first kappa shape index (κ1) is 25.5. The van der Waals surface area contributed by atoms with E-state index in [1.165, 1.54) is 0 Å². The van der Waals surface area contributed by atoms with Gasteiger partial charge in [-0.2, -0.15) is 0 Å². The molecular weight excluding hydrogens is 464 g/mol. The van der Waals surface area contributed by atoms with Gasteiger partial charge < -0.3 is 20.1 Å². The van der Waals surface area contributed by atoms with E-state index in [0.29, 0.717) is 28.4 Å². The molecule has 37 heavy (non-hydrogen) atoms. The van der Waals surface area contributed by atoms with E-state index in [9.17, 15) is 9.59 Å². The minimum Gasteiger partial charge on any atom is -0.497 e. The molecule has 0 heterocycles. The van der Waals surface area contributed by atoms with Gasteiger partial charge in [0.25, 0.3) is 0 Å². The number of methoxy groups -OCH3 is 1. The standard InChI is InChI=1S/C31H30N2O4/c1-21(2)29(34)27-20-25(33-31(35)32-24-15-10-16-26(19-24)36-3)17-18-28(27)37-30(22-11-6-4-7-12-22)23-13-8-5-9-14-23/h4-21,30H,1-3H3,(H2,32,33,35). The van der Waals surface area contributed by atoms with Gasteiger partial charge in [-0.05, 0) is 41.5 Å². The number of urea groups is 1. The second-order valence-electron chi connectivity index (χ2n) is 8.86. The average molecular weight is 495 g/mol. The predicted molar refractivity (Wildman–Crippen MR) is 147 cm³/mol. The minimum absolute atomic E-state index is 0.0771. The number of ketones is 1. The lowest BCUT2D eigenvalue weighted by molar-refractivity contribution is 0.0933. The van der Waals surface area contributed by atoms with E-state index in [1.54, 1.807) is 49.6 Å².